The highest BCUT2D eigenvalue weighted by molar-refractivity contribution is 7.62. The predicted molar refractivity (Wildman–Crippen MR) is 138 cm³/mol. The van der Waals surface area contributed by atoms with E-state index in [1.807, 2.05) is 41.5 Å². The number of hydrogen-bond donors (Lipinski definition) is 1. The molecule has 0 spiro atoms. The van der Waals surface area contributed by atoms with Crippen LogP contribution in [0.15, 0.2) is 54.0 Å². The van der Waals surface area contributed by atoms with Gasteiger partial charge in [-0.3, -0.25) is 14.7 Å². The van der Waals surface area contributed by atoms with Gasteiger partial charge in [0.25, 0.3) is 5.91 Å². The Labute approximate surface area is 210 Å². The van der Waals surface area contributed by atoms with Gasteiger partial charge < -0.3 is 18.5 Å². The number of amides is 1. The van der Waals surface area contributed by atoms with E-state index in [1.165, 1.54) is 11.3 Å². The van der Waals surface area contributed by atoms with Crippen LogP contribution in [0.25, 0.3) is 0 Å². The van der Waals surface area contributed by atoms with E-state index in [2.05, 4.69) is 10.3 Å². The molecule has 0 atom stereocenters. The molecule has 35 heavy (non-hydrogen) atoms. The van der Waals surface area contributed by atoms with Gasteiger partial charge >= 0.3 is 7.60 Å². The number of nitrogens with zero attached hydrogens (tertiary/aromatic N) is 1. The molecule has 1 aromatic heterocycles. The van der Waals surface area contributed by atoms with Crippen molar-refractivity contribution in [3.63, 3.8) is 0 Å². The van der Waals surface area contributed by atoms with E-state index in [0.717, 1.165) is 0 Å². The monoisotopic (exact) mass is 518 g/mol. The molecule has 0 aliphatic rings. The van der Waals surface area contributed by atoms with Crippen LogP contribution >= 0.6 is 18.9 Å². The first-order valence-electron chi connectivity index (χ1n) is 11.3. The fourth-order valence-electron chi connectivity index (χ4n) is 3.09. The Morgan fingerprint density at radius 1 is 0.886 bits per heavy atom. The molecule has 0 aliphatic heterocycles. The third-order valence-corrected chi connectivity index (χ3v) is 7.27. The van der Waals surface area contributed by atoms with Crippen molar-refractivity contribution in [1.82, 2.24) is 4.98 Å². The van der Waals surface area contributed by atoms with Crippen LogP contribution in [-0.4, -0.2) is 29.2 Å². The lowest BCUT2D eigenvalue weighted by atomic mass is 10.2. The molecule has 1 amide bonds. The molecular formula is C25H31N2O6PS. The number of aromatic nitrogens is 1. The summed E-state index contributed by atoms with van der Waals surface area (Å²) in [5.41, 5.74) is 0.366. The summed E-state index contributed by atoms with van der Waals surface area (Å²) in [5, 5.41) is 5.48. The zero-order valence-corrected chi connectivity index (χ0v) is 22.4. The van der Waals surface area contributed by atoms with Crippen LogP contribution in [0.3, 0.4) is 0 Å². The van der Waals surface area contributed by atoms with Gasteiger partial charge in [0, 0.05) is 23.2 Å². The van der Waals surface area contributed by atoms with Gasteiger partial charge in [-0.2, -0.15) is 0 Å². The Hall–Kier alpha value is -2.71. The number of benzene rings is 2. The van der Waals surface area contributed by atoms with E-state index in [1.54, 1.807) is 54.0 Å². The van der Waals surface area contributed by atoms with Crippen molar-refractivity contribution in [1.29, 1.82) is 0 Å². The van der Waals surface area contributed by atoms with Gasteiger partial charge in [-0.05, 0) is 77.9 Å². The van der Waals surface area contributed by atoms with Crippen molar-refractivity contribution in [3.05, 3.63) is 59.6 Å². The summed E-state index contributed by atoms with van der Waals surface area (Å²) in [6.45, 7) is 11.0. The predicted octanol–water partition coefficient (Wildman–Crippen LogP) is 6.64. The molecule has 0 unspecified atom stereocenters. The van der Waals surface area contributed by atoms with Gasteiger partial charge in [-0.15, -0.1) is 11.3 Å². The second-order valence-electron chi connectivity index (χ2n) is 8.55. The molecule has 8 nitrogen and oxygen atoms in total. The van der Waals surface area contributed by atoms with Gasteiger partial charge in [0.1, 0.15) is 17.2 Å². The first kappa shape index (κ1) is 26.9. The van der Waals surface area contributed by atoms with E-state index in [4.69, 9.17) is 18.5 Å². The fraction of sp³-hybridized carbons (Fsp3) is 0.360. The number of ether oxygens (including phenoxy) is 2. The zero-order chi connectivity index (χ0) is 25.6. The summed E-state index contributed by atoms with van der Waals surface area (Å²) in [7, 11) is -3.49. The average molecular weight is 519 g/mol. The third-order valence-electron chi connectivity index (χ3n) is 4.25. The highest BCUT2D eigenvalue weighted by atomic mass is 32.1. The minimum absolute atomic E-state index is 0.0875. The maximum atomic E-state index is 13.4. The van der Waals surface area contributed by atoms with Crippen LogP contribution in [0.5, 0.6) is 17.2 Å². The normalized spacial score (nSPS) is 11.8. The molecule has 2 aromatic carbocycles. The second-order valence-corrected chi connectivity index (χ2v) is 11.4. The van der Waals surface area contributed by atoms with Gasteiger partial charge in [0.2, 0.25) is 0 Å². The Morgan fingerprint density at radius 2 is 1.51 bits per heavy atom. The minimum Gasteiger partial charge on any atom is -0.491 e. The smallest absolute Gasteiger partial charge is 0.361 e. The lowest BCUT2D eigenvalue weighted by Gasteiger charge is -2.23. The first-order valence-corrected chi connectivity index (χ1v) is 13.7. The van der Waals surface area contributed by atoms with Crippen molar-refractivity contribution in [3.8, 4) is 17.2 Å². The summed E-state index contributed by atoms with van der Waals surface area (Å²) in [6.07, 6.45) is 0.991. The number of carbonyl (C=O) groups excluding carboxylic acids is 1. The molecule has 1 N–H and O–H groups in total. The van der Waals surface area contributed by atoms with E-state index in [0.29, 0.717) is 33.2 Å². The van der Waals surface area contributed by atoms with Crippen molar-refractivity contribution >= 4 is 35.3 Å². The number of carbonyl (C=O) groups is 1. The summed E-state index contributed by atoms with van der Waals surface area (Å²) in [6, 6.07) is 11.7. The Morgan fingerprint density at radius 3 is 2.06 bits per heavy atom. The SMILES string of the molecule is CC(C)Oc1cc(Oc2ccc(P(=O)(OC(C)C)OC(C)C)cc2)cc(C(=O)Nc2nccs2)c1. The van der Waals surface area contributed by atoms with Gasteiger partial charge in [0.05, 0.1) is 23.6 Å². The van der Waals surface area contributed by atoms with E-state index < -0.39 is 7.60 Å². The molecule has 0 saturated heterocycles. The number of hydrogen-bond acceptors (Lipinski definition) is 8. The third kappa shape index (κ3) is 7.90. The van der Waals surface area contributed by atoms with Gasteiger partial charge in [-0.25, -0.2) is 4.98 Å². The number of rotatable bonds is 11. The molecule has 10 heteroatoms. The Kier molecular flexibility index (Phi) is 9.08. The molecule has 0 fully saturated rings. The number of nitrogens with one attached hydrogen (secondary N) is 1. The van der Waals surface area contributed by atoms with Gasteiger partial charge in [0.15, 0.2) is 5.13 Å². The Balaban J connectivity index is 1.85. The van der Waals surface area contributed by atoms with Crippen molar-refractivity contribution in [2.24, 2.45) is 0 Å². The molecule has 1 heterocycles. The summed E-state index contributed by atoms with van der Waals surface area (Å²) in [4.78, 5) is 16.9. The van der Waals surface area contributed by atoms with Crippen molar-refractivity contribution < 1.29 is 27.9 Å². The molecule has 3 rings (SSSR count). The molecule has 0 aliphatic carbocycles. The maximum Gasteiger partial charge on any atom is 0.361 e. The molecule has 188 valence electrons. The largest absolute Gasteiger partial charge is 0.491 e. The van der Waals surface area contributed by atoms with Crippen LogP contribution in [0.4, 0.5) is 5.13 Å². The maximum absolute atomic E-state index is 13.4. The van der Waals surface area contributed by atoms with Crippen LogP contribution in [0.1, 0.15) is 51.9 Å². The van der Waals surface area contributed by atoms with Gasteiger partial charge in [-0.1, -0.05) is 0 Å². The lowest BCUT2D eigenvalue weighted by molar-refractivity contribution is 0.102. The molecule has 0 bridgehead atoms. The van der Waals surface area contributed by atoms with Crippen molar-refractivity contribution in [2.75, 3.05) is 5.32 Å². The lowest BCUT2D eigenvalue weighted by Crippen LogP contribution is -2.16. The van der Waals surface area contributed by atoms with Crippen molar-refractivity contribution in [2.45, 2.75) is 59.9 Å². The molecule has 3 aromatic rings. The van der Waals surface area contributed by atoms with Crippen LogP contribution in [0, 0.1) is 0 Å². The minimum atomic E-state index is -3.49. The van der Waals surface area contributed by atoms with Crippen LogP contribution < -0.4 is 20.1 Å². The van der Waals surface area contributed by atoms with Crippen LogP contribution in [0.2, 0.25) is 0 Å². The average Bonchev–Trinajstić information content (AvgIpc) is 3.25. The summed E-state index contributed by atoms with van der Waals surface area (Å²) < 4.78 is 36.5. The van der Waals surface area contributed by atoms with E-state index in [-0.39, 0.29) is 24.2 Å². The first-order chi connectivity index (χ1) is 16.5. The standard InChI is InChI=1S/C25H31N2O6PS/c1-16(2)30-21-13-19(24(28)27-25-26-11-12-35-25)14-22(15-21)31-20-7-9-23(10-8-20)34(29,32-17(3)4)33-18(5)6/h7-18H,1-6H3,(H,26,27,28). The summed E-state index contributed by atoms with van der Waals surface area (Å²) >= 11 is 1.33. The topological polar surface area (TPSA) is 96.0 Å². The zero-order valence-electron chi connectivity index (χ0n) is 20.7. The number of anilines is 1. The van der Waals surface area contributed by atoms with E-state index >= 15 is 0 Å². The fourth-order valence-corrected chi connectivity index (χ4v) is 5.53. The highest BCUT2D eigenvalue weighted by Gasteiger charge is 2.30. The Bertz CT molecular complexity index is 1150. The number of thiazole rings is 1. The quantitative estimate of drug-likeness (QED) is 0.284. The molecular weight excluding hydrogens is 487 g/mol. The second kappa shape index (κ2) is 11.8. The summed E-state index contributed by atoms with van der Waals surface area (Å²) in [5.74, 6) is 1.08. The highest BCUT2D eigenvalue weighted by Crippen LogP contribution is 2.49. The van der Waals surface area contributed by atoms with Crippen LogP contribution in [-0.2, 0) is 13.6 Å². The molecule has 0 radical (unpaired) electrons. The molecule has 0 saturated carbocycles. The van der Waals surface area contributed by atoms with E-state index in [9.17, 15) is 9.36 Å².